The summed E-state index contributed by atoms with van der Waals surface area (Å²) < 4.78 is 64.3. The van der Waals surface area contributed by atoms with E-state index in [1.807, 2.05) is 13.8 Å². The van der Waals surface area contributed by atoms with Crippen LogP contribution < -0.4 is 20.7 Å². The molecule has 0 spiro atoms. The van der Waals surface area contributed by atoms with Gasteiger partial charge in [0.1, 0.15) is 17.6 Å². The Hall–Kier alpha value is -4.81. The summed E-state index contributed by atoms with van der Waals surface area (Å²) in [5.41, 5.74) is 2.79. The zero-order chi connectivity index (χ0) is 31.1. The molecular formula is C30H28F4N4O5. The highest BCUT2D eigenvalue weighted by molar-refractivity contribution is 5.99. The molecule has 3 aromatic carbocycles. The summed E-state index contributed by atoms with van der Waals surface area (Å²) >= 11 is 0. The highest BCUT2D eigenvalue weighted by Crippen LogP contribution is 2.33. The van der Waals surface area contributed by atoms with Crippen molar-refractivity contribution >= 4 is 29.3 Å². The number of aryl methyl sites for hydroxylation is 1. The van der Waals surface area contributed by atoms with Gasteiger partial charge in [0.05, 0.1) is 12.3 Å². The minimum Gasteiger partial charge on any atom is -0.449 e. The maximum atomic E-state index is 15.2. The van der Waals surface area contributed by atoms with Crippen LogP contribution in [0, 0.1) is 12.7 Å². The molecule has 3 heterocycles. The summed E-state index contributed by atoms with van der Waals surface area (Å²) in [4.78, 5) is 39.8. The van der Waals surface area contributed by atoms with E-state index in [0.717, 1.165) is 22.1 Å². The van der Waals surface area contributed by atoms with Gasteiger partial charge < -0.3 is 25.0 Å². The van der Waals surface area contributed by atoms with Gasteiger partial charge in [-0.2, -0.15) is 0 Å². The maximum Gasteiger partial charge on any atom is 0.573 e. The maximum absolute atomic E-state index is 15.2. The van der Waals surface area contributed by atoms with Crippen LogP contribution in [-0.4, -0.2) is 42.8 Å². The Labute approximate surface area is 244 Å². The molecule has 43 heavy (non-hydrogen) atoms. The van der Waals surface area contributed by atoms with E-state index in [2.05, 4.69) is 20.7 Å². The molecular weight excluding hydrogens is 572 g/mol. The Morgan fingerprint density at radius 3 is 2.53 bits per heavy atom. The van der Waals surface area contributed by atoms with E-state index in [9.17, 15) is 27.6 Å². The Bertz CT molecular complexity index is 1610. The van der Waals surface area contributed by atoms with Gasteiger partial charge in [-0.3, -0.25) is 14.9 Å². The Kier molecular flexibility index (Phi) is 7.91. The van der Waals surface area contributed by atoms with Gasteiger partial charge in [-0.15, -0.1) is 13.2 Å². The lowest BCUT2D eigenvalue weighted by Gasteiger charge is -2.28. The molecule has 4 bridgehead atoms. The molecule has 0 aliphatic carbocycles. The average Bonchev–Trinajstić information content (AvgIpc) is 3.29. The Balaban J connectivity index is 1.58. The summed E-state index contributed by atoms with van der Waals surface area (Å²) in [6.45, 7) is 3.48. The lowest BCUT2D eigenvalue weighted by Crippen LogP contribution is -2.35. The first kappa shape index (κ1) is 29.7. The van der Waals surface area contributed by atoms with E-state index in [0.29, 0.717) is 11.1 Å². The quantitative estimate of drug-likeness (QED) is 0.331. The van der Waals surface area contributed by atoms with Crippen molar-refractivity contribution in [3.05, 3.63) is 87.7 Å². The number of nitrogens with one attached hydrogen (secondary N) is 3. The van der Waals surface area contributed by atoms with Crippen LogP contribution in [0.5, 0.6) is 5.75 Å². The number of hydrogen-bond donors (Lipinski definition) is 3. The van der Waals surface area contributed by atoms with Crippen molar-refractivity contribution in [2.75, 3.05) is 24.3 Å². The number of benzene rings is 3. The first-order valence-corrected chi connectivity index (χ1v) is 13.3. The minimum atomic E-state index is -5.01. The van der Waals surface area contributed by atoms with Gasteiger partial charge in [0, 0.05) is 42.9 Å². The largest absolute Gasteiger partial charge is 0.573 e. The minimum absolute atomic E-state index is 0.000106. The van der Waals surface area contributed by atoms with Crippen LogP contribution in [0.15, 0.2) is 48.5 Å². The summed E-state index contributed by atoms with van der Waals surface area (Å²) in [5.74, 6) is -2.47. The summed E-state index contributed by atoms with van der Waals surface area (Å²) in [7, 11) is 1.38. The fourth-order valence-electron chi connectivity index (χ4n) is 5.23. The Morgan fingerprint density at radius 1 is 1.05 bits per heavy atom. The standard InChI is InChI=1S/C30H28F4N4O5/c1-15-8-17-4-6-21(15)16(2)14-42-29(41)36-20-5-7-25(43-30(32,33)34)19(9-20)13-38(3)28(40)26(17)37-24-11-22-18(10-23(24)31)12-35-27(22)39/h4-11,16,26,37H,12-14H2,1-3H3,(H,35,39)(H,36,41)/t16-,26+/m0/s1. The number of nitrogens with zero attached hydrogens (tertiary/aromatic N) is 1. The van der Waals surface area contributed by atoms with Gasteiger partial charge in [-0.05, 0) is 59.5 Å². The van der Waals surface area contributed by atoms with Crippen LogP contribution in [0.1, 0.15) is 57.1 Å². The first-order valence-electron chi connectivity index (χ1n) is 13.3. The number of halogens is 4. The molecule has 13 heteroatoms. The van der Waals surface area contributed by atoms with E-state index >= 15 is 4.39 Å². The topological polar surface area (TPSA) is 109 Å². The van der Waals surface area contributed by atoms with Gasteiger partial charge in [-0.25, -0.2) is 9.18 Å². The number of ether oxygens (including phenoxy) is 2. The third-order valence-electron chi connectivity index (χ3n) is 7.36. The van der Waals surface area contributed by atoms with Gasteiger partial charge in [0.25, 0.3) is 5.91 Å². The van der Waals surface area contributed by atoms with Crippen LogP contribution in [0.4, 0.5) is 33.7 Å². The highest BCUT2D eigenvalue weighted by Gasteiger charge is 2.33. The second kappa shape index (κ2) is 11.5. The molecule has 226 valence electrons. The molecule has 6 rings (SSSR count). The molecule has 0 fully saturated rings. The highest BCUT2D eigenvalue weighted by atomic mass is 19.4. The molecule has 2 atom stereocenters. The lowest BCUT2D eigenvalue weighted by molar-refractivity contribution is -0.275. The number of rotatable bonds is 3. The van der Waals surface area contributed by atoms with E-state index in [4.69, 9.17) is 4.74 Å². The molecule has 9 nitrogen and oxygen atoms in total. The van der Waals surface area contributed by atoms with Crippen molar-refractivity contribution < 1.29 is 41.4 Å². The number of amides is 3. The SMILES string of the molecule is Cc1cc2ccc1[C@@H](C)COC(=O)Nc1ccc(OC(F)(F)F)c(c1)CN(C)C(=O)[C@@H]2Nc1cc2c(cc1F)CNC2=O. The molecule has 0 saturated heterocycles. The summed E-state index contributed by atoms with van der Waals surface area (Å²) in [6, 6.07) is 10.0. The smallest absolute Gasteiger partial charge is 0.449 e. The van der Waals surface area contributed by atoms with Crippen LogP contribution in [0.2, 0.25) is 0 Å². The number of anilines is 2. The number of fused-ring (bicyclic) bond motifs is 10. The zero-order valence-electron chi connectivity index (χ0n) is 23.4. The third-order valence-corrected chi connectivity index (χ3v) is 7.36. The molecule has 3 aliphatic rings. The van der Waals surface area contributed by atoms with E-state index in [-0.39, 0.29) is 54.0 Å². The fourth-order valence-corrected chi connectivity index (χ4v) is 5.23. The molecule has 0 radical (unpaired) electrons. The van der Waals surface area contributed by atoms with Gasteiger partial charge in [-0.1, -0.05) is 25.1 Å². The van der Waals surface area contributed by atoms with Crippen molar-refractivity contribution in [1.29, 1.82) is 0 Å². The second-order valence-corrected chi connectivity index (χ2v) is 10.6. The van der Waals surface area contributed by atoms with Gasteiger partial charge in [0.2, 0.25) is 5.91 Å². The predicted molar refractivity (Wildman–Crippen MR) is 148 cm³/mol. The van der Waals surface area contributed by atoms with E-state index < -0.39 is 36.0 Å². The lowest BCUT2D eigenvalue weighted by atomic mass is 9.92. The fraction of sp³-hybridized carbons (Fsp3) is 0.300. The number of carbonyl (C=O) groups is 3. The molecule has 3 N–H and O–H groups in total. The number of likely N-dealkylation sites (N-methyl/N-ethyl adjacent to an activating group) is 1. The van der Waals surface area contributed by atoms with Crippen LogP contribution in [-0.2, 0) is 22.6 Å². The molecule has 3 aliphatic heterocycles. The normalized spacial score (nSPS) is 19.0. The molecule has 0 saturated carbocycles. The van der Waals surface area contributed by atoms with Crippen LogP contribution in [0.25, 0.3) is 0 Å². The second-order valence-electron chi connectivity index (χ2n) is 10.6. The summed E-state index contributed by atoms with van der Waals surface area (Å²) in [5, 5.41) is 8.04. The van der Waals surface area contributed by atoms with E-state index in [1.165, 1.54) is 31.3 Å². The summed E-state index contributed by atoms with van der Waals surface area (Å²) in [6.07, 6.45) is -5.82. The van der Waals surface area contributed by atoms with Crippen LogP contribution >= 0.6 is 0 Å². The number of hydrogen-bond acceptors (Lipinski definition) is 6. The van der Waals surface area contributed by atoms with Crippen molar-refractivity contribution in [3.8, 4) is 5.75 Å². The van der Waals surface area contributed by atoms with Crippen molar-refractivity contribution in [2.45, 2.75) is 45.3 Å². The third kappa shape index (κ3) is 6.50. The number of carbonyl (C=O) groups excluding carboxylic acids is 3. The predicted octanol–water partition coefficient (Wildman–Crippen LogP) is 5.75. The van der Waals surface area contributed by atoms with Crippen molar-refractivity contribution in [3.63, 3.8) is 0 Å². The average molecular weight is 601 g/mol. The first-order chi connectivity index (χ1) is 20.3. The monoisotopic (exact) mass is 600 g/mol. The van der Waals surface area contributed by atoms with E-state index in [1.54, 1.807) is 18.2 Å². The number of alkyl halides is 3. The van der Waals surface area contributed by atoms with Gasteiger partial charge >= 0.3 is 12.5 Å². The van der Waals surface area contributed by atoms with Crippen LogP contribution in [0.3, 0.4) is 0 Å². The van der Waals surface area contributed by atoms with Crippen molar-refractivity contribution in [2.24, 2.45) is 0 Å². The molecule has 3 aromatic rings. The van der Waals surface area contributed by atoms with Crippen molar-refractivity contribution in [1.82, 2.24) is 10.2 Å². The zero-order valence-corrected chi connectivity index (χ0v) is 23.4. The molecule has 0 unspecified atom stereocenters. The molecule has 3 amide bonds. The van der Waals surface area contributed by atoms with Gasteiger partial charge in [0.15, 0.2) is 0 Å². The Morgan fingerprint density at radius 2 is 1.81 bits per heavy atom. The molecule has 0 aromatic heterocycles.